The molecule has 1 amide bonds. The van der Waals surface area contributed by atoms with Crippen LogP contribution in [0, 0.1) is 5.41 Å². The first-order chi connectivity index (χ1) is 13.9. The number of rotatable bonds is 7. The van der Waals surface area contributed by atoms with E-state index in [0.29, 0.717) is 49.7 Å². The minimum atomic E-state index is -0.913. The van der Waals surface area contributed by atoms with Crippen molar-refractivity contribution in [3.05, 3.63) is 53.9 Å². The van der Waals surface area contributed by atoms with Crippen molar-refractivity contribution in [3.63, 3.8) is 0 Å². The Balaban J connectivity index is 1.76. The van der Waals surface area contributed by atoms with Crippen LogP contribution in [0.3, 0.4) is 0 Å². The first-order valence-corrected chi connectivity index (χ1v) is 9.74. The van der Waals surface area contributed by atoms with Gasteiger partial charge in [-0.25, -0.2) is 0 Å². The van der Waals surface area contributed by atoms with Gasteiger partial charge >= 0.3 is 5.97 Å². The van der Waals surface area contributed by atoms with Gasteiger partial charge in [0.1, 0.15) is 6.61 Å². The van der Waals surface area contributed by atoms with Crippen molar-refractivity contribution in [2.24, 2.45) is 5.41 Å². The Hall–Kier alpha value is -3.09. The molecular formula is C22H26N2O5. The molecule has 1 aromatic heterocycles. The summed E-state index contributed by atoms with van der Waals surface area (Å²) in [6.45, 7) is 5.07. The average Bonchev–Trinajstić information content (AvgIpc) is 2.73. The third-order valence-electron chi connectivity index (χ3n) is 5.11. The molecule has 0 bridgehead atoms. The van der Waals surface area contributed by atoms with Crippen molar-refractivity contribution in [2.75, 3.05) is 19.7 Å². The summed E-state index contributed by atoms with van der Waals surface area (Å²) in [6, 6.07) is 8.83. The maximum absolute atomic E-state index is 13.0. The number of hydrogen-bond donors (Lipinski definition) is 1. The molecule has 1 aromatic carbocycles. The van der Waals surface area contributed by atoms with Gasteiger partial charge in [-0.05, 0) is 51.0 Å². The molecule has 0 radical (unpaired) electrons. The monoisotopic (exact) mass is 398 g/mol. The second-order valence-corrected chi connectivity index (χ2v) is 7.44. The lowest BCUT2D eigenvalue weighted by atomic mass is 9.82. The molecule has 0 spiro atoms. The Morgan fingerprint density at radius 3 is 2.76 bits per heavy atom. The lowest BCUT2D eigenvalue weighted by Crippen LogP contribution is -2.48. The molecule has 7 nitrogen and oxygen atoms in total. The van der Waals surface area contributed by atoms with Gasteiger partial charge in [-0.3, -0.25) is 14.6 Å². The summed E-state index contributed by atoms with van der Waals surface area (Å²) in [4.78, 5) is 30.2. The van der Waals surface area contributed by atoms with E-state index >= 15 is 0 Å². The van der Waals surface area contributed by atoms with Crippen LogP contribution in [0.25, 0.3) is 0 Å². The molecule has 1 saturated heterocycles. The van der Waals surface area contributed by atoms with Gasteiger partial charge in [-0.1, -0.05) is 6.07 Å². The summed E-state index contributed by atoms with van der Waals surface area (Å²) >= 11 is 0. The number of nitrogens with zero attached hydrogens (tertiary/aromatic N) is 2. The molecule has 1 unspecified atom stereocenters. The Kier molecular flexibility index (Phi) is 6.36. The Labute approximate surface area is 170 Å². The average molecular weight is 398 g/mol. The van der Waals surface area contributed by atoms with Crippen LogP contribution in [0.4, 0.5) is 0 Å². The molecule has 2 heterocycles. The van der Waals surface area contributed by atoms with Crippen LogP contribution in [0.2, 0.25) is 0 Å². The molecule has 7 heteroatoms. The minimum absolute atomic E-state index is 0.197. The van der Waals surface area contributed by atoms with Crippen molar-refractivity contribution in [1.82, 2.24) is 9.88 Å². The van der Waals surface area contributed by atoms with E-state index in [1.807, 2.05) is 19.1 Å². The number of ether oxygens (including phenoxy) is 2. The summed E-state index contributed by atoms with van der Waals surface area (Å²) in [5.41, 5.74) is 0.469. The number of carboxylic acids is 1. The number of benzene rings is 1. The molecular weight excluding hydrogens is 372 g/mol. The normalized spacial score (nSPS) is 18.9. The third kappa shape index (κ3) is 4.85. The van der Waals surface area contributed by atoms with Crippen molar-refractivity contribution in [2.45, 2.75) is 33.3 Å². The number of aliphatic carboxylic acids is 1. The van der Waals surface area contributed by atoms with Gasteiger partial charge in [0, 0.05) is 36.6 Å². The summed E-state index contributed by atoms with van der Waals surface area (Å²) < 4.78 is 11.5. The van der Waals surface area contributed by atoms with E-state index in [4.69, 9.17) is 9.47 Å². The van der Waals surface area contributed by atoms with Gasteiger partial charge in [0.05, 0.1) is 12.0 Å². The Morgan fingerprint density at radius 1 is 1.24 bits per heavy atom. The van der Waals surface area contributed by atoms with E-state index in [1.165, 1.54) is 0 Å². The maximum Gasteiger partial charge on any atom is 0.311 e. The first kappa shape index (κ1) is 20.6. The van der Waals surface area contributed by atoms with Gasteiger partial charge in [0.25, 0.3) is 5.91 Å². The fourth-order valence-corrected chi connectivity index (χ4v) is 3.44. The number of piperidine rings is 1. The van der Waals surface area contributed by atoms with Gasteiger partial charge in [0.15, 0.2) is 11.5 Å². The van der Waals surface area contributed by atoms with Crippen molar-refractivity contribution >= 4 is 11.9 Å². The highest BCUT2D eigenvalue weighted by Gasteiger charge is 2.39. The van der Waals surface area contributed by atoms with E-state index in [0.717, 1.165) is 5.56 Å². The SMILES string of the molecule is CCOc1cc(C(=O)N2CCCC(C)(C(=O)O)C2)ccc1OCc1cccnc1. The van der Waals surface area contributed by atoms with Crippen molar-refractivity contribution < 1.29 is 24.2 Å². The van der Waals surface area contributed by atoms with Gasteiger partial charge in [0.2, 0.25) is 0 Å². The molecule has 1 N–H and O–H groups in total. The van der Waals surface area contributed by atoms with E-state index in [9.17, 15) is 14.7 Å². The molecule has 0 saturated carbocycles. The summed E-state index contributed by atoms with van der Waals surface area (Å²) in [6.07, 6.45) is 4.66. The molecule has 2 aromatic rings. The summed E-state index contributed by atoms with van der Waals surface area (Å²) in [5.74, 6) is -0.0392. The fourth-order valence-electron chi connectivity index (χ4n) is 3.44. The third-order valence-corrected chi connectivity index (χ3v) is 5.11. The minimum Gasteiger partial charge on any atom is -0.490 e. The van der Waals surface area contributed by atoms with Crippen LogP contribution < -0.4 is 9.47 Å². The smallest absolute Gasteiger partial charge is 0.311 e. The first-order valence-electron chi connectivity index (χ1n) is 9.74. The number of carboxylic acid groups (broad SMARTS) is 1. The molecule has 1 aliphatic heterocycles. The number of carbonyl (C=O) groups excluding carboxylic acids is 1. The van der Waals surface area contributed by atoms with Gasteiger partial charge < -0.3 is 19.5 Å². The number of pyridine rings is 1. The standard InChI is InChI=1S/C22H26N2O5/c1-3-28-19-12-17(7-8-18(19)29-14-16-6-4-10-23-13-16)20(25)24-11-5-9-22(2,15-24)21(26)27/h4,6-8,10,12-13H,3,5,9,11,14-15H2,1-2H3,(H,26,27). The quantitative estimate of drug-likeness (QED) is 0.769. The predicted octanol–water partition coefficient (Wildman–Crippen LogP) is 3.39. The number of hydrogen-bond acceptors (Lipinski definition) is 5. The van der Waals surface area contributed by atoms with E-state index in [1.54, 1.807) is 42.4 Å². The van der Waals surface area contributed by atoms with E-state index in [-0.39, 0.29) is 12.5 Å². The molecule has 1 aliphatic rings. The maximum atomic E-state index is 13.0. The number of carbonyl (C=O) groups is 2. The second kappa shape index (κ2) is 8.94. The van der Waals surface area contributed by atoms with Crippen LogP contribution >= 0.6 is 0 Å². The second-order valence-electron chi connectivity index (χ2n) is 7.44. The highest BCUT2D eigenvalue weighted by molar-refractivity contribution is 5.95. The number of amides is 1. The largest absolute Gasteiger partial charge is 0.490 e. The molecule has 1 atom stereocenters. The van der Waals surface area contributed by atoms with Gasteiger partial charge in [-0.15, -0.1) is 0 Å². The zero-order chi connectivity index (χ0) is 20.9. The number of aromatic nitrogens is 1. The topological polar surface area (TPSA) is 89.0 Å². The van der Waals surface area contributed by atoms with E-state index in [2.05, 4.69) is 4.98 Å². The van der Waals surface area contributed by atoms with Crippen LogP contribution in [-0.2, 0) is 11.4 Å². The molecule has 154 valence electrons. The van der Waals surface area contributed by atoms with Crippen molar-refractivity contribution in [3.8, 4) is 11.5 Å². The fraction of sp³-hybridized carbons (Fsp3) is 0.409. The molecule has 1 fully saturated rings. The van der Waals surface area contributed by atoms with Gasteiger partial charge in [-0.2, -0.15) is 0 Å². The highest BCUT2D eigenvalue weighted by Crippen LogP contribution is 2.33. The molecule has 3 rings (SSSR count). The molecule has 29 heavy (non-hydrogen) atoms. The summed E-state index contributed by atoms with van der Waals surface area (Å²) in [7, 11) is 0. The molecule has 0 aliphatic carbocycles. The highest BCUT2D eigenvalue weighted by atomic mass is 16.5. The van der Waals surface area contributed by atoms with Crippen molar-refractivity contribution in [1.29, 1.82) is 0 Å². The zero-order valence-corrected chi connectivity index (χ0v) is 16.8. The Bertz CT molecular complexity index is 871. The van der Waals surface area contributed by atoms with Crippen LogP contribution in [-0.4, -0.2) is 46.6 Å². The lowest BCUT2D eigenvalue weighted by Gasteiger charge is -2.37. The van der Waals surface area contributed by atoms with E-state index < -0.39 is 11.4 Å². The van der Waals surface area contributed by atoms with Crippen LogP contribution in [0.15, 0.2) is 42.7 Å². The predicted molar refractivity (Wildman–Crippen MR) is 107 cm³/mol. The lowest BCUT2D eigenvalue weighted by molar-refractivity contribution is -0.150. The Morgan fingerprint density at radius 2 is 2.07 bits per heavy atom. The number of likely N-dealkylation sites (tertiary alicyclic amines) is 1. The summed E-state index contributed by atoms with van der Waals surface area (Å²) in [5, 5.41) is 9.49. The zero-order valence-electron chi connectivity index (χ0n) is 16.8. The van der Waals surface area contributed by atoms with Crippen LogP contribution in [0.5, 0.6) is 11.5 Å². The van der Waals surface area contributed by atoms with Crippen LogP contribution in [0.1, 0.15) is 42.6 Å².